The van der Waals surface area contributed by atoms with Crippen molar-refractivity contribution in [3.8, 4) is 6.01 Å². The largest absolute Gasteiger partial charge is 0.466 e. The van der Waals surface area contributed by atoms with E-state index in [9.17, 15) is 4.79 Å². The lowest BCUT2D eigenvalue weighted by atomic mass is 10.3. The van der Waals surface area contributed by atoms with Crippen LogP contribution in [0.25, 0.3) is 0 Å². The summed E-state index contributed by atoms with van der Waals surface area (Å²) in [4.78, 5) is 15.0. The highest BCUT2D eigenvalue weighted by Gasteiger charge is 2.06. The van der Waals surface area contributed by atoms with E-state index >= 15 is 0 Å². The van der Waals surface area contributed by atoms with E-state index in [1.54, 1.807) is 0 Å². The standard InChI is InChI=1S/C7H11ClN4O2/c1-14-7-10-6(11-12-7)9-5(13)3-2-4-8/h2-4H2,1H3,(H2,9,10,11,12,13). The summed E-state index contributed by atoms with van der Waals surface area (Å²) in [5.41, 5.74) is 0. The number of rotatable bonds is 5. The van der Waals surface area contributed by atoms with Gasteiger partial charge in [-0.05, 0) is 6.42 Å². The quantitative estimate of drug-likeness (QED) is 0.716. The van der Waals surface area contributed by atoms with Gasteiger partial charge in [0.15, 0.2) is 0 Å². The van der Waals surface area contributed by atoms with Gasteiger partial charge in [-0.2, -0.15) is 4.98 Å². The average molecular weight is 219 g/mol. The molecule has 1 aromatic heterocycles. The number of carbonyl (C=O) groups is 1. The molecule has 14 heavy (non-hydrogen) atoms. The van der Waals surface area contributed by atoms with Gasteiger partial charge in [0, 0.05) is 12.3 Å². The lowest BCUT2D eigenvalue weighted by Gasteiger charge is -1.98. The Morgan fingerprint density at radius 1 is 1.71 bits per heavy atom. The molecule has 0 atom stereocenters. The second kappa shape index (κ2) is 5.43. The number of anilines is 1. The molecule has 1 amide bonds. The molecule has 78 valence electrons. The van der Waals surface area contributed by atoms with Gasteiger partial charge < -0.3 is 4.74 Å². The molecule has 0 fully saturated rings. The molecule has 0 aromatic carbocycles. The van der Waals surface area contributed by atoms with Crippen LogP contribution in [0, 0.1) is 0 Å². The van der Waals surface area contributed by atoms with Crippen LogP contribution < -0.4 is 10.1 Å². The first-order valence-electron chi connectivity index (χ1n) is 4.08. The smallest absolute Gasteiger partial charge is 0.336 e. The Morgan fingerprint density at radius 2 is 2.50 bits per heavy atom. The molecule has 0 bridgehead atoms. The van der Waals surface area contributed by atoms with Crippen LogP contribution >= 0.6 is 11.6 Å². The normalized spacial score (nSPS) is 9.86. The molecule has 7 heteroatoms. The van der Waals surface area contributed by atoms with E-state index in [2.05, 4.69) is 20.5 Å². The highest BCUT2D eigenvalue weighted by Crippen LogP contribution is 2.05. The van der Waals surface area contributed by atoms with E-state index in [4.69, 9.17) is 16.3 Å². The Balaban J connectivity index is 2.39. The van der Waals surface area contributed by atoms with E-state index in [1.807, 2.05) is 0 Å². The maximum Gasteiger partial charge on any atom is 0.336 e. The summed E-state index contributed by atoms with van der Waals surface area (Å²) >= 11 is 5.44. The lowest BCUT2D eigenvalue weighted by molar-refractivity contribution is -0.116. The Labute approximate surface area is 86.0 Å². The third kappa shape index (κ3) is 3.21. The van der Waals surface area contributed by atoms with E-state index in [1.165, 1.54) is 7.11 Å². The topological polar surface area (TPSA) is 79.9 Å². The van der Waals surface area contributed by atoms with Crippen molar-refractivity contribution in [1.29, 1.82) is 0 Å². The van der Waals surface area contributed by atoms with Gasteiger partial charge >= 0.3 is 6.01 Å². The number of aromatic nitrogens is 3. The van der Waals surface area contributed by atoms with Gasteiger partial charge in [0.05, 0.1) is 7.11 Å². The number of nitrogens with zero attached hydrogens (tertiary/aromatic N) is 2. The van der Waals surface area contributed by atoms with Gasteiger partial charge in [-0.3, -0.25) is 10.1 Å². The molecule has 0 aliphatic rings. The molecule has 0 saturated heterocycles. The predicted molar refractivity (Wildman–Crippen MR) is 51.5 cm³/mol. The van der Waals surface area contributed by atoms with Gasteiger partial charge in [0.25, 0.3) is 0 Å². The number of aromatic amines is 1. The number of halogens is 1. The molecular formula is C7H11ClN4O2. The summed E-state index contributed by atoms with van der Waals surface area (Å²) in [6.07, 6.45) is 1.01. The van der Waals surface area contributed by atoms with Crippen LogP contribution in [0.15, 0.2) is 0 Å². The van der Waals surface area contributed by atoms with Gasteiger partial charge in [-0.25, -0.2) is 5.10 Å². The zero-order chi connectivity index (χ0) is 10.4. The maximum absolute atomic E-state index is 11.2. The molecule has 2 N–H and O–H groups in total. The van der Waals surface area contributed by atoms with Crippen molar-refractivity contribution in [2.75, 3.05) is 18.3 Å². The first-order chi connectivity index (χ1) is 6.76. The van der Waals surface area contributed by atoms with Crippen molar-refractivity contribution in [1.82, 2.24) is 15.2 Å². The first kappa shape index (κ1) is 10.8. The van der Waals surface area contributed by atoms with Gasteiger partial charge in [0.1, 0.15) is 0 Å². The maximum atomic E-state index is 11.2. The summed E-state index contributed by atoms with van der Waals surface area (Å²) in [6.45, 7) is 0. The second-order valence-corrected chi connectivity index (χ2v) is 2.89. The molecule has 1 aromatic rings. The van der Waals surface area contributed by atoms with Crippen LogP contribution in [-0.2, 0) is 4.79 Å². The number of alkyl halides is 1. The number of amides is 1. The highest BCUT2D eigenvalue weighted by molar-refractivity contribution is 6.18. The Morgan fingerprint density at radius 3 is 3.07 bits per heavy atom. The molecule has 0 aliphatic carbocycles. The molecule has 0 aliphatic heterocycles. The van der Waals surface area contributed by atoms with Crippen LogP contribution in [0.1, 0.15) is 12.8 Å². The number of nitrogens with one attached hydrogen (secondary N) is 2. The van der Waals surface area contributed by atoms with Gasteiger partial charge in [-0.1, -0.05) is 0 Å². The van der Waals surface area contributed by atoms with Crippen molar-refractivity contribution in [3.63, 3.8) is 0 Å². The fraction of sp³-hybridized carbons (Fsp3) is 0.571. The minimum Gasteiger partial charge on any atom is -0.466 e. The zero-order valence-corrected chi connectivity index (χ0v) is 8.47. The lowest BCUT2D eigenvalue weighted by Crippen LogP contribution is -2.12. The molecule has 0 spiro atoms. The van der Waals surface area contributed by atoms with Gasteiger partial charge in [0.2, 0.25) is 11.9 Å². The fourth-order valence-corrected chi connectivity index (χ4v) is 0.949. The zero-order valence-electron chi connectivity index (χ0n) is 7.71. The Bertz CT molecular complexity index is 302. The molecule has 1 rings (SSSR count). The van der Waals surface area contributed by atoms with E-state index < -0.39 is 0 Å². The minimum absolute atomic E-state index is 0.149. The van der Waals surface area contributed by atoms with E-state index in [0.29, 0.717) is 18.7 Å². The Kier molecular flexibility index (Phi) is 4.18. The van der Waals surface area contributed by atoms with Crippen molar-refractivity contribution in [3.05, 3.63) is 0 Å². The molecule has 0 unspecified atom stereocenters. The third-order valence-electron chi connectivity index (χ3n) is 1.44. The number of methoxy groups -OCH3 is 1. The van der Waals surface area contributed by atoms with Crippen molar-refractivity contribution < 1.29 is 9.53 Å². The monoisotopic (exact) mass is 218 g/mol. The summed E-state index contributed by atoms with van der Waals surface area (Å²) in [7, 11) is 1.45. The van der Waals surface area contributed by atoms with Crippen LogP contribution in [0.2, 0.25) is 0 Å². The molecule has 1 heterocycles. The molecule has 0 saturated carbocycles. The molecular weight excluding hydrogens is 208 g/mol. The SMILES string of the molecule is COc1n[nH]c(NC(=O)CCCCl)n1. The number of carbonyl (C=O) groups excluding carboxylic acids is 1. The number of hydrogen-bond acceptors (Lipinski definition) is 4. The van der Waals surface area contributed by atoms with Crippen LogP contribution in [0.5, 0.6) is 6.01 Å². The third-order valence-corrected chi connectivity index (χ3v) is 1.71. The number of H-pyrrole nitrogens is 1. The van der Waals surface area contributed by atoms with Crippen molar-refractivity contribution in [2.45, 2.75) is 12.8 Å². The van der Waals surface area contributed by atoms with Crippen molar-refractivity contribution >= 4 is 23.5 Å². The highest BCUT2D eigenvalue weighted by atomic mass is 35.5. The predicted octanol–water partition coefficient (Wildman–Crippen LogP) is 0.771. The van der Waals surface area contributed by atoms with Crippen LogP contribution in [-0.4, -0.2) is 34.1 Å². The fourth-order valence-electron chi connectivity index (χ4n) is 0.816. The summed E-state index contributed by atoms with van der Waals surface area (Å²) in [6, 6.07) is 0.192. The average Bonchev–Trinajstić information content (AvgIpc) is 2.62. The summed E-state index contributed by atoms with van der Waals surface area (Å²) in [5.74, 6) is 0.596. The molecule has 6 nitrogen and oxygen atoms in total. The minimum atomic E-state index is -0.149. The van der Waals surface area contributed by atoms with Gasteiger partial charge in [-0.15, -0.1) is 16.7 Å². The summed E-state index contributed by atoms with van der Waals surface area (Å²) in [5, 5.41) is 8.71. The molecule has 0 radical (unpaired) electrons. The van der Waals surface area contributed by atoms with E-state index in [0.717, 1.165) is 0 Å². The van der Waals surface area contributed by atoms with Crippen molar-refractivity contribution in [2.24, 2.45) is 0 Å². The van der Waals surface area contributed by atoms with E-state index in [-0.39, 0.29) is 17.9 Å². The first-order valence-corrected chi connectivity index (χ1v) is 4.62. The Hall–Kier alpha value is -1.30. The number of hydrogen-bond donors (Lipinski definition) is 2. The second-order valence-electron chi connectivity index (χ2n) is 2.51. The number of ether oxygens (including phenoxy) is 1. The van der Waals surface area contributed by atoms with Crippen LogP contribution in [0.4, 0.5) is 5.95 Å². The summed E-state index contributed by atoms with van der Waals surface area (Å²) < 4.78 is 4.73. The van der Waals surface area contributed by atoms with Crippen LogP contribution in [0.3, 0.4) is 0 Å².